The van der Waals surface area contributed by atoms with E-state index in [0.717, 1.165) is 0 Å². The lowest BCUT2D eigenvalue weighted by Crippen LogP contribution is -2.00. The third-order valence-corrected chi connectivity index (χ3v) is 3.35. The highest BCUT2D eigenvalue weighted by molar-refractivity contribution is 9.10. The number of hydrogen-bond donors (Lipinski definition) is 0. The highest BCUT2D eigenvalue weighted by atomic mass is 79.9. The fourth-order valence-electron chi connectivity index (χ4n) is 1.66. The molecule has 21 heavy (non-hydrogen) atoms. The molecule has 0 aliphatic rings. The van der Waals surface area contributed by atoms with Gasteiger partial charge in [-0.3, -0.25) is 10.1 Å². The number of rotatable bonds is 4. The maximum atomic E-state index is 13.2. The van der Waals surface area contributed by atoms with Crippen LogP contribution in [0, 0.1) is 27.3 Å². The van der Waals surface area contributed by atoms with Crippen molar-refractivity contribution in [3.63, 3.8) is 0 Å². The molecular formula is C14H8BrFN2O3. The zero-order chi connectivity index (χ0) is 15.4. The van der Waals surface area contributed by atoms with Gasteiger partial charge in [-0.2, -0.15) is 5.26 Å². The number of nitro groups is 1. The van der Waals surface area contributed by atoms with Gasteiger partial charge in [-0.25, -0.2) is 4.39 Å². The molecule has 0 aromatic heterocycles. The van der Waals surface area contributed by atoms with Crippen LogP contribution in [0.15, 0.2) is 40.9 Å². The molecular weight excluding hydrogens is 343 g/mol. The first-order valence-corrected chi connectivity index (χ1v) is 6.56. The second-order valence-electron chi connectivity index (χ2n) is 4.07. The highest BCUT2D eigenvalue weighted by Crippen LogP contribution is 2.30. The van der Waals surface area contributed by atoms with Crippen molar-refractivity contribution in [3.8, 4) is 11.8 Å². The molecule has 0 amide bonds. The Morgan fingerprint density at radius 2 is 2.10 bits per heavy atom. The van der Waals surface area contributed by atoms with E-state index >= 15 is 0 Å². The molecule has 2 aromatic carbocycles. The number of nitro benzene ring substituents is 1. The van der Waals surface area contributed by atoms with Crippen molar-refractivity contribution in [2.45, 2.75) is 6.61 Å². The largest absolute Gasteiger partial charge is 0.487 e. The monoisotopic (exact) mass is 350 g/mol. The topological polar surface area (TPSA) is 76.2 Å². The lowest BCUT2D eigenvalue weighted by atomic mass is 10.1. The number of halogens is 2. The lowest BCUT2D eigenvalue weighted by molar-refractivity contribution is -0.385. The maximum Gasteiger partial charge on any atom is 0.273 e. The van der Waals surface area contributed by atoms with Crippen LogP contribution in [0.1, 0.15) is 11.1 Å². The molecule has 7 heteroatoms. The standard InChI is InChI=1S/C14H8BrFN2O3/c15-13-4-3-12(18(19)20)6-14(13)21-8-10-5-11(16)2-1-9(10)7-17/h1-6H,8H2. The van der Waals surface area contributed by atoms with Crippen molar-refractivity contribution in [2.24, 2.45) is 0 Å². The molecule has 0 saturated carbocycles. The van der Waals surface area contributed by atoms with Gasteiger partial charge in [-0.15, -0.1) is 0 Å². The van der Waals surface area contributed by atoms with Crippen molar-refractivity contribution < 1.29 is 14.1 Å². The Labute approximate surface area is 127 Å². The fraction of sp³-hybridized carbons (Fsp3) is 0.0714. The molecule has 0 heterocycles. The number of nitriles is 1. The molecule has 0 aliphatic carbocycles. The minimum Gasteiger partial charge on any atom is -0.487 e. The molecule has 0 aliphatic heterocycles. The normalized spacial score (nSPS) is 9.95. The van der Waals surface area contributed by atoms with Gasteiger partial charge in [0.1, 0.15) is 18.2 Å². The SMILES string of the molecule is N#Cc1ccc(F)cc1COc1cc([N+](=O)[O-])ccc1Br. The number of nitrogens with zero attached hydrogens (tertiary/aromatic N) is 2. The number of non-ortho nitro benzene ring substituents is 1. The maximum absolute atomic E-state index is 13.2. The summed E-state index contributed by atoms with van der Waals surface area (Å²) in [7, 11) is 0. The smallest absolute Gasteiger partial charge is 0.273 e. The molecule has 0 N–H and O–H groups in total. The summed E-state index contributed by atoms with van der Waals surface area (Å²) in [5, 5.41) is 19.7. The minimum absolute atomic E-state index is 0.0690. The quantitative estimate of drug-likeness (QED) is 0.617. The molecule has 2 rings (SSSR count). The predicted octanol–water partition coefficient (Wildman–Crippen LogP) is 3.95. The van der Waals surface area contributed by atoms with Crippen molar-refractivity contribution in [1.82, 2.24) is 0 Å². The lowest BCUT2D eigenvalue weighted by Gasteiger charge is -2.09. The summed E-state index contributed by atoms with van der Waals surface area (Å²) in [4.78, 5) is 10.2. The van der Waals surface area contributed by atoms with Crippen LogP contribution < -0.4 is 4.74 Å². The van der Waals surface area contributed by atoms with Crippen molar-refractivity contribution in [3.05, 3.63) is 67.9 Å². The third-order valence-electron chi connectivity index (χ3n) is 2.70. The fourth-order valence-corrected chi connectivity index (χ4v) is 2.02. The van der Waals surface area contributed by atoms with E-state index in [9.17, 15) is 14.5 Å². The Hall–Kier alpha value is -2.46. The van der Waals surface area contributed by atoms with Crippen molar-refractivity contribution in [1.29, 1.82) is 5.26 Å². The van der Waals surface area contributed by atoms with Crippen molar-refractivity contribution in [2.75, 3.05) is 0 Å². The van der Waals surface area contributed by atoms with E-state index in [-0.39, 0.29) is 23.6 Å². The second kappa shape index (κ2) is 6.33. The summed E-state index contributed by atoms with van der Waals surface area (Å²) < 4.78 is 19.2. The van der Waals surface area contributed by atoms with Crippen LogP contribution in [-0.4, -0.2) is 4.92 Å². The predicted molar refractivity (Wildman–Crippen MR) is 76.2 cm³/mol. The summed E-state index contributed by atoms with van der Waals surface area (Å²) in [5.41, 5.74) is 0.543. The highest BCUT2D eigenvalue weighted by Gasteiger charge is 2.12. The van der Waals surface area contributed by atoms with Crippen molar-refractivity contribution >= 4 is 21.6 Å². The Morgan fingerprint density at radius 1 is 1.33 bits per heavy atom. The number of hydrogen-bond acceptors (Lipinski definition) is 4. The van der Waals surface area contributed by atoms with Gasteiger partial charge >= 0.3 is 0 Å². The van der Waals surface area contributed by atoms with E-state index in [0.29, 0.717) is 10.0 Å². The Kier molecular flexibility index (Phi) is 4.50. The van der Waals surface area contributed by atoms with Crippen LogP contribution in [-0.2, 0) is 6.61 Å². The van der Waals surface area contributed by atoms with Gasteiger partial charge in [-0.1, -0.05) is 0 Å². The van der Waals surface area contributed by atoms with Crippen LogP contribution >= 0.6 is 15.9 Å². The summed E-state index contributed by atoms with van der Waals surface area (Å²) >= 11 is 3.22. The molecule has 0 fully saturated rings. The zero-order valence-corrected chi connectivity index (χ0v) is 12.1. The second-order valence-corrected chi connectivity index (χ2v) is 4.93. The molecule has 0 bridgehead atoms. The summed E-state index contributed by atoms with van der Waals surface area (Å²) in [6, 6.07) is 9.76. The van der Waals surface area contributed by atoms with E-state index in [1.807, 2.05) is 6.07 Å². The first kappa shape index (κ1) is 14.9. The van der Waals surface area contributed by atoms with Crippen LogP contribution in [0.3, 0.4) is 0 Å². The molecule has 2 aromatic rings. The average Bonchev–Trinajstić information content (AvgIpc) is 2.46. The van der Waals surface area contributed by atoms with Gasteiger partial charge in [0, 0.05) is 11.6 Å². The average molecular weight is 351 g/mol. The van der Waals surface area contributed by atoms with E-state index in [2.05, 4.69) is 15.9 Å². The Morgan fingerprint density at radius 3 is 2.76 bits per heavy atom. The van der Waals surface area contributed by atoms with Gasteiger partial charge in [-0.05, 0) is 40.2 Å². The van der Waals surface area contributed by atoms with Crippen LogP contribution in [0.2, 0.25) is 0 Å². The number of benzene rings is 2. The van der Waals surface area contributed by atoms with Gasteiger partial charge in [0.15, 0.2) is 0 Å². The van der Waals surface area contributed by atoms with Gasteiger partial charge in [0.05, 0.1) is 27.1 Å². The van der Waals surface area contributed by atoms with Gasteiger partial charge in [0.25, 0.3) is 5.69 Å². The Bertz CT molecular complexity index is 743. The molecule has 0 unspecified atom stereocenters. The van der Waals surface area contributed by atoms with E-state index in [1.54, 1.807) is 0 Å². The molecule has 0 radical (unpaired) electrons. The Balaban J connectivity index is 2.24. The van der Waals surface area contributed by atoms with Gasteiger partial charge in [0.2, 0.25) is 0 Å². The summed E-state index contributed by atoms with van der Waals surface area (Å²) in [5.74, 6) is -0.233. The molecule has 0 spiro atoms. The summed E-state index contributed by atoms with van der Waals surface area (Å²) in [6.45, 7) is -0.0690. The molecule has 106 valence electrons. The van der Waals surface area contributed by atoms with E-state index in [1.165, 1.54) is 36.4 Å². The third kappa shape index (κ3) is 3.55. The van der Waals surface area contributed by atoms with Crippen LogP contribution in [0.4, 0.5) is 10.1 Å². The van der Waals surface area contributed by atoms with Crippen LogP contribution in [0.5, 0.6) is 5.75 Å². The first-order valence-electron chi connectivity index (χ1n) is 5.76. The molecule has 0 saturated heterocycles. The van der Waals surface area contributed by atoms with Gasteiger partial charge < -0.3 is 4.74 Å². The molecule has 5 nitrogen and oxygen atoms in total. The zero-order valence-electron chi connectivity index (χ0n) is 10.5. The van der Waals surface area contributed by atoms with E-state index in [4.69, 9.17) is 10.00 Å². The molecule has 0 atom stereocenters. The first-order chi connectivity index (χ1) is 10.0. The van der Waals surface area contributed by atoms with Crippen LogP contribution in [0.25, 0.3) is 0 Å². The number of ether oxygens (including phenoxy) is 1. The minimum atomic E-state index is -0.539. The summed E-state index contributed by atoms with van der Waals surface area (Å²) in [6.07, 6.45) is 0. The van der Waals surface area contributed by atoms with E-state index < -0.39 is 10.7 Å².